The third-order valence-electron chi connectivity index (χ3n) is 5.42. The lowest BCUT2D eigenvalue weighted by Crippen LogP contribution is -2.27. The minimum Gasteiger partial charge on any atom is -0.491 e. The van der Waals surface area contributed by atoms with Crippen LogP contribution in [-0.4, -0.2) is 61.3 Å². The average Bonchev–Trinajstić information content (AvgIpc) is 3.06. The Balaban J connectivity index is 1.73. The van der Waals surface area contributed by atoms with Crippen molar-refractivity contribution in [3.63, 3.8) is 0 Å². The molecule has 8 nitrogen and oxygen atoms in total. The van der Waals surface area contributed by atoms with E-state index in [1.807, 2.05) is 44.3 Å². The molecule has 0 saturated heterocycles. The van der Waals surface area contributed by atoms with Crippen molar-refractivity contribution in [2.45, 2.75) is 6.92 Å². The van der Waals surface area contributed by atoms with Crippen LogP contribution in [0.3, 0.4) is 0 Å². The fourth-order valence-corrected chi connectivity index (χ4v) is 3.79. The van der Waals surface area contributed by atoms with Gasteiger partial charge in [-0.15, -0.1) is 0 Å². The normalized spacial score (nSPS) is 12.3. The molecule has 0 fully saturated rings. The molecule has 3 aromatic rings. The van der Waals surface area contributed by atoms with E-state index in [2.05, 4.69) is 26.5 Å². The second-order valence-electron chi connectivity index (χ2n) is 7.76. The Morgan fingerprint density at radius 3 is 2.70 bits per heavy atom. The zero-order chi connectivity index (χ0) is 23.4. The number of aryl methyl sites for hydroxylation is 1. The molecule has 33 heavy (non-hydrogen) atoms. The summed E-state index contributed by atoms with van der Waals surface area (Å²) in [7, 11) is 3.68. The van der Waals surface area contributed by atoms with Crippen LogP contribution in [0, 0.1) is 18.3 Å². The van der Waals surface area contributed by atoms with Crippen LogP contribution in [0.2, 0.25) is 5.02 Å². The Labute approximate surface area is 197 Å². The van der Waals surface area contributed by atoms with Crippen LogP contribution in [0.1, 0.15) is 22.4 Å². The van der Waals surface area contributed by atoms with Crippen molar-refractivity contribution in [1.29, 1.82) is 5.26 Å². The van der Waals surface area contributed by atoms with Gasteiger partial charge in [0, 0.05) is 42.4 Å². The van der Waals surface area contributed by atoms with Gasteiger partial charge in [0.05, 0.1) is 29.3 Å². The van der Waals surface area contributed by atoms with Crippen molar-refractivity contribution in [3.8, 4) is 11.8 Å². The topological polar surface area (TPSA) is 98.6 Å². The summed E-state index contributed by atoms with van der Waals surface area (Å²) in [5.41, 5.74) is 4.87. The van der Waals surface area contributed by atoms with E-state index in [0.29, 0.717) is 53.3 Å². The average molecular weight is 465 g/mol. The number of aromatic nitrogens is 2. The molecule has 0 atom stereocenters. The minimum atomic E-state index is 0.424. The summed E-state index contributed by atoms with van der Waals surface area (Å²) in [6.45, 7) is 4.50. The van der Waals surface area contributed by atoms with Gasteiger partial charge in [0.15, 0.2) is 5.82 Å². The van der Waals surface area contributed by atoms with Gasteiger partial charge in [0.2, 0.25) is 0 Å². The summed E-state index contributed by atoms with van der Waals surface area (Å²) in [5, 5.41) is 21.1. The van der Waals surface area contributed by atoms with E-state index < -0.39 is 0 Å². The standard InChI is InChI=1S/C24H25ClN6O2/c1-15-22-24(30-29-15)27-20-13-21(33-11-9-31(2)8-10-32-3)16(14-26)12-18(20)23(28-22)17-6-4-5-7-19(17)25/h4-7,12-13H,8-11H2,1-3H3,(H2,27,29,30). The zero-order valence-electron chi connectivity index (χ0n) is 18.8. The van der Waals surface area contributed by atoms with Crippen LogP contribution < -0.4 is 10.1 Å². The number of methoxy groups -OCH3 is 1. The fraction of sp³-hybridized carbons (Fsp3) is 0.292. The van der Waals surface area contributed by atoms with Gasteiger partial charge in [-0.05, 0) is 26.1 Å². The van der Waals surface area contributed by atoms with Crippen LogP contribution in [0.5, 0.6) is 5.75 Å². The second-order valence-corrected chi connectivity index (χ2v) is 8.17. The van der Waals surface area contributed by atoms with Crippen molar-refractivity contribution >= 4 is 34.5 Å². The first-order valence-corrected chi connectivity index (χ1v) is 10.9. The maximum atomic E-state index is 9.84. The maximum Gasteiger partial charge on any atom is 0.178 e. The Bertz CT molecular complexity index is 1230. The van der Waals surface area contributed by atoms with Gasteiger partial charge >= 0.3 is 0 Å². The van der Waals surface area contributed by atoms with E-state index in [-0.39, 0.29) is 0 Å². The summed E-state index contributed by atoms with van der Waals surface area (Å²) < 4.78 is 11.1. The fourth-order valence-electron chi connectivity index (χ4n) is 3.56. The molecule has 0 aliphatic carbocycles. The first kappa shape index (κ1) is 22.8. The molecule has 1 aliphatic heterocycles. The molecule has 2 heterocycles. The lowest BCUT2D eigenvalue weighted by atomic mass is 9.98. The second kappa shape index (κ2) is 10.0. The van der Waals surface area contributed by atoms with Crippen LogP contribution in [0.4, 0.5) is 17.2 Å². The highest BCUT2D eigenvalue weighted by Crippen LogP contribution is 2.39. The number of nitrogens with one attached hydrogen (secondary N) is 2. The highest BCUT2D eigenvalue weighted by atomic mass is 35.5. The Kier molecular flexibility index (Phi) is 6.94. The molecular formula is C24H25ClN6O2. The third-order valence-corrected chi connectivity index (χ3v) is 5.75. The van der Waals surface area contributed by atoms with Crippen molar-refractivity contribution < 1.29 is 9.47 Å². The molecule has 0 radical (unpaired) electrons. The number of benzene rings is 2. The smallest absolute Gasteiger partial charge is 0.178 e. The van der Waals surface area contributed by atoms with Crippen LogP contribution in [0.15, 0.2) is 41.4 Å². The summed E-state index contributed by atoms with van der Waals surface area (Å²) in [4.78, 5) is 7.01. The first-order valence-electron chi connectivity index (χ1n) is 10.6. The highest BCUT2D eigenvalue weighted by Gasteiger charge is 2.24. The molecule has 9 heteroatoms. The lowest BCUT2D eigenvalue weighted by molar-refractivity contribution is 0.150. The third kappa shape index (κ3) is 4.86. The van der Waals surface area contributed by atoms with Gasteiger partial charge in [0.25, 0.3) is 0 Å². The van der Waals surface area contributed by atoms with E-state index in [9.17, 15) is 5.26 Å². The summed E-state index contributed by atoms with van der Waals surface area (Å²) >= 11 is 6.53. The van der Waals surface area contributed by atoms with Gasteiger partial charge in [0.1, 0.15) is 24.1 Å². The van der Waals surface area contributed by atoms with Crippen molar-refractivity contribution in [3.05, 3.63) is 63.8 Å². The van der Waals surface area contributed by atoms with Crippen LogP contribution in [0.25, 0.3) is 0 Å². The lowest BCUT2D eigenvalue weighted by Gasteiger charge is -2.18. The molecule has 1 aromatic heterocycles. The van der Waals surface area contributed by atoms with Crippen molar-refractivity contribution in [2.24, 2.45) is 4.99 Å². The minimum absolute atomic E-state index is 0.424. The number of nitrogens with zero attached hydrogens (tertiary/aromatic N) is 4. The molecule has 0 bridgehead atoms. The van der Waals surface area contributed by atoms with E-state index in [1.54, 1.807) is 13.2 Å². The SMILES string of the molecule is COCCN(C)CCOc1cc2c(cc1C#N)C(c1ccccc1Cl)=Nc1c(n[nH]c1C)N2. The van der Waals surface area contributed by atoms with Crippen LogP contribution in [-0.2, 0) is 4.74 Å². The predicted octanol–water partition coefficient (Wildman–Crippen LogP) is 4.43. The van der Waals surface area contributed by atoms with Crippen LogP contribution >= 0.6 is 11.6 Å². The number of anilines is 2. The number of hydrogen-bond donors (Lipinski definition) is 2. The predicted molar refractivity (Wildman–Crippen MR) is 129 cm³/mol. The van der Waals surface area contributed by atoms with Gasteiger partial charge in [-0.25, -0.2) is 4.99 Å². The Morgan fingerprint density at radius 1 is 1.15 bits per heavy atom. The molecule has 0 unspecified atom stereocenters. The van der Waals surface area contributed by atoms with Gasteiger partial charge in [-0.1, -0.05) is 29.8 Å². The van der Waals surface area contributed by atoms with E-state index in [1.165, 1.54) is 0 Å². The number of nitriles is 1. The van der Waals surface area contributed by atoms with Gasteiger partial charge in [-0.2, -0.15) is 10.4 Å². The zero-order valence-corrected chi connectivity index (χ0v) is 19.5. The molecule has 0 spiro atoms. The maximum absolute atomic E-state index is 9.84. The van der Waals surface area contributed by atoms with E-state index in [4.69, 9.17) is 26.1 Å². The molecule has 170 valence electrons. The number of aromatic amines is 1. The molecule has 2 N–H and O–H groups in total. The van der Waals surface area contributed by atoms with E-state index >= 15 is 0 Å². The van der Waals surface area contributed by atoms with Gasteiger partial charge < -0.3 is 19.7 Å². The molecular weight excluding hydrogens is 440 g/mol. The summed E-state index contributed by atoms with van der Waals surface area (Å²) in [6, 6.07) is 13.4. The monoisotopic (exact) mass is 464 g/mol. The number of hydrogen-bond acceptors (Lipinski definition) is 7. The molecule has 1 aliphatic rings. The number of aliphatic imine (C=N–C) groups is 1. The van der Waals surface area contributed by atoms with Crippen molar-refractivity contribution in [2.75, 3.05) is 45.8 Å². The summed E-state index contributed by atoms with van der Waals surface area (Å²) in [6.07, 6.45) is 0. The largest absolute Gasteiger partial charge is 0.491 e. The first-order chi connectivity index (χ1) is 16.0. The molecule has 2 aromatic carbocycles. The number of halogens is 1. The number of likely N-dealkylation sites (N-methyl/N-ethyl adjacent to an activating group) is 1. The quantitative estimate of drug-likeness (QED) is 0.400. The number of ether oxygens (including phenoxy) is 2. The Morgan fingerprint density at radius 2 is 1.94 bits per heavy atom. The van der Waals surface area contributed by atoms with E-state index in [0.717, 1.165) is 29.1 Å². The number of rotatable bonds is 8. The molecule has 0 saturated carbocycles. The Hall–Kier alpha value is -3.38. The van der Waals surface area contributed by atoms with Gasteiger partial charge in [-0.3, -0.25) is 5.10 Å². The molecule has 0 amide bonds. The van der Waals surface area contributed by atoms with Crippen molar-refractivity contribution in [1.82, 2.24) is 15.1 Å². The number of fused-ring (bicyclic) bond motifs is 2. The molecule has 4 rings (SSSR count). The summed E-state index contributed by atoms with van der Waals surface area (Å²) in [5.74, 6) is 1.10. The number of H-pyrrole nitrogens is 1. The highest BCUT2D eigenvalue weighted by molar-refractivity contribution is 6.36.